The van der Waals surface area contributed by atoms with Gasteiger partial charge < -0.3 is 4.57 Å². The predicted octanol–water partition coefficient (Wildman–Crippen LogP) is 2.18. The molecule has 0 aromatic carbocycles. The first-order chi connectivity index (χ1) is 6.70. The zero-order valence-electron chi connectivity index (χ0n) is 8.58. The van der Waals surface area contributed by atoms with Crippen molar-refractivity contribution in [2.24, 2.45) is 0 Å². The van der Waals surface area contributed by atoms with Gasteiger partial charge in [-0.3, -0.25) is 4.79 Å². The maximum Gasteiger partial charge on any atom is 0.160 e. The summed E-state index contributed by atoms with van der Waals surface area (Å²) in [5, 5.41) is 0. The Balaban J connectivity index is 2.48. The fraction of sp³-hybridized carbons (Fsp3) is 0.455. The van der Waals surface area contributed by atoms with Crippen LogP contribution in [0.15, 0.2) is 18.0 Å². The molecule has 0 fully saturated rings. The van der Waals surface area contributed by atoms with Crippen LogP contribution in [0.2, 0.25) is 0 Å². The van der Waals surface area contributed by atoms with Gasteiger partial charge in [-0.1, -0.05) is 0 Å². The topological polar surface area (TPSA) is 34.9 Å². The Morgan fingerprint density at radius 1 is 1.36 bits per heavy atom. The summed E-state index contributed by atoms with van der Waals surface area (Å²) in [6, 6.07) is 0. The summed E-state index contributed by atoms with van der Waals surface area (Å²) in [6.07, 6.45) is 6.34. The molecule has 0 spiro atoms. The van der Waals surface area contributed by atoms with Gasteiger partial charge in [-0.25, -0.2) is 4.98 Å². The van der Waals surface area contributed by atoms with E-state index in [1.54, 1.807) is 6.20 Å². The van der Waals surface area contributed by atoms with E-state index in [9.17, 15) is 4.79 Å². The summed E-state index contributed by atoms with van der Waals surface area (Å²) in [4.78, 5) is 15.7. The molecule has 1 aromatic heterocycles. The highest BCUT2D eigenvalue weighted by Gasteiger charge is 2.18. The summed E-state index contributed by atoms with van der Waals surface area (Å²) in [7, 11) is 0. The van der Waals surface area contributed by atoms with E-state index in [1.807, 2.05) is 24.6 Å². The standard InChI is InChI=1S/C11H14N2O/c1-8-10(4-3-5-11(8)14)13-7-6-12-9(13)2/h6-7H,3-5H2,1-2H3. The number of carbonyl (C=O) groups excluding carboxylic acids is 1. The number of Topliss-reactive ketones (excluding diaryl/α,β-unsaturated/α-hetero) is 1. The molecule has 2 rings (SSSR count). The number of carbonyl (C=O) groups is 1. The molecule has 1 heterocycles. The highest BCUT2D eigenvalue weighted by molar-refractivity contribution is 6.01. The molecule has 0 amide bonds. The van der Waals surface area contributed by atoms with Gasteiger partial charge in [0, 0.05) is 30.1 Å². The number of nitrogens with zero attached hydrogens (tertiary/aromatic N) is 2. The quantitative estimate of drug-likeness (QED) is 0.680. The average molecular weight is 190 g/mol. The van der Waals surface area contributed by atoms with E-state index in [0.29, 0.717) is 6.42 Å². The van der Waals surface area contributed by atoms with E-state index in [2.05, 4.69) is 4.98 Å². The van der Waals surface area contributed by atoms with Gasteiger partial charge in [-0.2, -0.15) is 0 Å². The van der Waals surface area contributed by atoms with Crippen LogP contribution in [-0.2, 0) is 4.79 Å². The second-order valence-electron chi connectivity index (χ2n) is 3.69. The van der Waals surface area contributed by atoms with E-state index >= 15 is 0 Å². The molecule has 0 radical (unpaired) electrons. The van der Waals surface area contributed by atoms with Crippen LogP contribution in [0.1, 0.15) is 32.0 Å². The SMILES string of the molecule is CC1=C(n2ccnc2C)CCCC1=O. The summed E-state index contributed by atoms with van der Waals surface area (Å²) >= 11 is 0. The van der Waals surface area contributed by atoms with Gasteiger partial charge in [0.25, 0.3) is 0 Å². The Labute approximate surface area is 83.5 Å². The molecule has 1 aromatic rings. The number of ketones is 1. The van der Waals surface area contributed by atoms with Gasteiger partial charge in [0.15, 0.2) is 5.78 Å². The van der Waals surface area contributed by atoms with Crippen LogP contribution in [-0.4, -0.2) is 15.3 Å². The molecule has 1 aliphatic rings. The van der Waals surface area contributed by atoms with Crippen LogP contribution >= 0.6 is 0 Å². The van der Waals surface area contributed by atoms with Crippen LogP contribution in [0.5, 0.6) is 0 Å². The number of hydrogen-bond acceptors (Lipinski definition) is 2. The van der Waals surface area contributed by atoms with Crippen molar-refractivity contribution in [2.75, 3.05) is 0 Å². The fourth-order valence-electron chi connectivity index (χ4n) is 1.92. The average Bonchev–Trinajstić information content (AvgIpc) is 2.57. The van der Waals surface area contributed by atoms with E-state index in [-0.39, 0.29) is 5.78 Å². The lowest BCUT2D eigenvalue weighted by Crippen LogP contribution is -2.13. The molecule has 0 bridgehead atoms. The van der Waals surface area contributed by atoms with Gasteiger partial charge >= 0.3 is 0 Å². The zero-order chi connectivity index (χ0) is 10.1. The molecule has 0 N–H and O–H groups in total. The lowest BCUT2D eigenvalue weighted by Gasteiger charge is -2.18. The molecule has 14 heavy (non-hydrogen) atoms. The normalized spacial score (nSPS) is 17.7. The number of allylic oxidation sites excluding steroid dienone is 2. The van der Waals surface area contributed by atoms with Gasteiger partial charge in [0.2, 0.25) is 0 Å². The Morgan fingerprint density at radius 2 is 2.14 bits per heavy atom. The van der Waals surface area contributed by atoms with Crippen LogP contribution < -0.4 is 0 Å². The lowest BCUT2D eigenvalue weighted by atomic mass is 9.96. The molecule has 1 aliphatic carbocycles. The third kappa shape index (κ3) is 1.39. The van der Waals surface area contributed by atoms with E-state index in [4.69, 9.17) is 0 Å². The minimum Gasteiger partial charge on any atom is -0.307 e. The first kappa shape index (κ1) is 9.19. The van der Waals surface area contributed by atoms with Gasteiger partial charge in [0.1, 0.15) is 5.82 Å². The first-order valence-corrected chi connectivity index (χ1v) is 4.93. The zero-order valence-corrected chi connectivity index (χ0v) is 8.58. The summed E-state index contributed by atoms with van der Waals surface area (Å²) in [6.45, 7) is 3.87. The van der Waals surface area contributed by atoms with Crippen LogP contribution in [0, 0.1) is 6.92 Å². The number of imidazole rings is 1. The molecular formula is C11H14N2O. The number of aryl methyl sites for hydroxylation is 1. The van der Waals surface area contributed by atoms with E-state index < -0.39 is 0 Å². The van der Waals surface area contributed by atoms with Crippen LogP contribution in [0.3, 0.4) is 0 Å². The van der Waals surface area contributed by atoms with Crippen LogP contribution in [0.25, 0.3) is 5.70 Å². The minimum absolute atomic E-state index is 0.277. The molecule has 0 saturated heterocycles. The molecule has 0 aliphatic heterocycles. The predicted molar refractivity (Wildman–Crippen MR) is 54.7 cm³/mol. The van der Waals surface area contributed by atoms with Crippen molar-refractivity contribution in [3.8, 4) is 0 Å². The lowest BCUT2D eigenvalue weighted by molar-refractivity contribution is -0.115. The molecule has 74 valence electrons. The van der Waals surface area contributed by atoms with Crippen molar-refractivity contribution in [3.05, 3.63) is 23.8 Å². The fourth-order valence-corrected chi connectivity index (χ4v) is 1.92. The van der Waals surface area contributed by atoms with Crippen molar-refractivity contribution in [1.82, 2.24) is 9.55 Å². The molecule has 0 saturated carbocycles. The largest absolute Gasteiger partial charge is 0.307 e. The monoisotopic (exact) mass is 190 g/mol. The molecular weight excluding hydrogens is 176 g/mol. The smallest absolute Gasteiger partial charge is 0.160 e. The number of aromatic nitrogens is 2. The highest BCUT2D eigenvalue weighted by atomic mass is 16.1. The van der Waals surface area contributed by atoms with Crippen molar-refractivity contribution < 1.29 is 4.79 Å². The van der Waals surface area contributed by atoms with Crippen molar-refractivity contribution >= 4 is 11.5 Å². The summed E-state index contributed by atoms with van der Waals surface area (Å²) in [5.41, 5.74) is 2.02. The van der Waals surface area contributed by atoms with E-state index in [0.717, 1.165) is 29.9 Å². The Morgan fingerprint density at radius 3 is 2.79 bits per heavy atom. The maximum absolute atomic E-state index is 11.5. The molecule has 0 atom stereocenters. The minimum atomic E-state index is 0.277. The summed E-state index contributed by atoms with van der Waals surface area (Å²) in [5.74, 6) is 1.23. The Hall–Kier alpha value is -1.38. The number of rotatable bonds is 1. The van der Waals surface area contributed by atoms with Gasteiger partial charge in [0.05, 0.1) is 0 Å². The van der Waals surface area contributed by atoms with Crippen LogP contribution in [0.4, 0.5) is 0 Å². The number of hydrogen-bond donors (Lipinski definition) is 0. The second-order valence-corrected chi connectivity index (χ2v) is 3.69. The Kier molecular flexibility index (Phi) is 2.23. The first-order valence-electron chi connectivity index (χ1n) is 4.93. The third-order valence-electron chi connectivity index (χ3n) is 2.79. The highest BCUT2D eigenvalue weighted by Crippen LogP contribution is 2.26. The molecule has 0 unspecified atom stereocenters. The van der Waals surface area contributed by atoms with Crippen molar-refractivity contribution in [3.63, 3.8) is 0 Å². The van der Waals surface area contributed by atoms with Crippen molar-refractivity contribution in [1.29, 1.82) is 0 Å². The van der Waals surface area contributed by atoms with Gasteiger partial charge in [-0.15, -0.1) is 0 Å². The second kappa shape index (κ2) is 3.40. The summed E-state index contributed by atoms with van der Waals surface area (Å²) < 4.78 is 2.02. The van der Waals surface area contributed by atoms with Gasteiger partial charge in [-0.05, 0) is 26.7 Å². The molecule has 3 heteroatoms. The third-order valence-corrected chi connectivity index (χ3v) is 2.79. The molecule has 3 nitrogen and oxygen atoms in total. The Bertz CT molecular complexity index is 401. The van der Waals surface area contributed by atoms with E-state index in [1.165, 1.54) is 0 Å². The maximum atomic E-state index is 11.5. The van der Waals surface area contributed by atoms with Crippen molar-refractivity contribution in [2.45, 2.75) is 33.1 Å².